The molecule has 5 heteroatoms. The number of nitrogens with zero attached hydrogens (tertiary/aromatic N) is 3. The van der Waals surface area contributed by atoms with E-state index in [-0.39, 0.29) is 18.5 Å². The Hall–Kier alpha value is -4.22. The van der Waals surface area contributed by atoms with Crippen LogP contribution in [-0.4, -0.2) is 25.8 Å². The number of carbonyl (C=O) groups is 1. The summed E-state index contributed by atoms with van der Waals surface area (Å²) in [4.78, 5) is 14.4. The molecule has 1 N–H and O–H groups in total. The van der Waals surface area contributed by atoms with Crippen molar-refractivity contribution in [3.63, 3.8) is 0 Å². The van der Waals surface area contributed by atoms with Crippen LogP contribution in [0, 0.1) is 0 Å². The van der Waals surface area contributed by atoms with Gasteiger partial charge in [-0.25, -0.2) is 4.68 Å². The molecule has 0 spiro atoms. The van der Waals surface area contributed by atoms with E-state index in [2.05, 4.69) is 47.3 Å². The molecule has 4 aromatic carbocycles. The molecule has 180 valence electrons. The lowest BCUT2D eigenvalue weighted by molar-refractivity contribution is -0.138. The van der Waals surface area contributed by atoms with Crippen LogP contribution in [-0.2, 0) is 11.3 Å². The quantitative estimate of drug-likeness (QED) is 0.255. The van der Waals surface area contributed by atoms with Crippen molar-refractivity contribution in [1.82, 2.24) is 14.7 Å². The van der Waals surface area contributed by atoms with Gasteiger partial charge in [-0.15, -0.1) is 0 Å². The molecule has 5 nitrogen and oxygen atoms in total. The maximum absolute atomic E-state index is 12.1. The molecule has 5 rings (SSSR count). The van der Waals surface area contributed by atoms with Gasteiger partial charge >= 0.3 is 5.97 Å². The number of para-hydroxylation sites is 1. The predicted molar refractivity (Wildman–Crippen MR) is 143 cm³/mol. The maximum atomic E-state index is 12.1. The van der Waals surface area contributed by atoms with Crippen LogP contribution in [0.4, 0.5) is 0 Å². The first-order chi connectivity index (χ1) is 17.6. The number of aliphatic carboxylic acids is 1. The zero-order valence-corrected chi connectivity index (χ0v) is 20.2. The molecule has 2 atom stereocenters. The normalized spacial score (nSPS) is 13.1. The van der Waals surface area contributed by atoms with Crippen LogP contribution in [0.2, 0.25) is 0 Å². The second kappa shape index (κ2) is 10.6. The van der Waals surface area contributed by atoms with E-state index in [1.807, 2.05) is 89.7 Å². The highest BCUT2D eigenvalue weighted by Crippen LogP contribution is 2.35. The summed E-state index contributed by atoms with van der Waals surface area (Å²) in [5.74, 6) is -0.826. The highest BCUT2D eigenvalue weighted by atomic mass is 16.4. The van der Waals surface area contributed by atoms with E-state index >= 15 is 0 Å². The number of carboxylic acids is 1. The molecular formula is C31H29N3O2. The molecule has 0 fully saturated rings. The average molecular weight is 476 g/mol. The fraction of sp³-hybridized carbons (Fsp3) is 0.161. The highest BCUT2D eigenvalue weighted by Gasteiger charge is 2.28. The summed E-state index contributed by atoms with van der Waals surface area (Å²) in [5, 5.41) is 15.6. The molecule has 0 radical (unpaired) electrons. The van der Waals surface area contributed by atoms with Crippen LogP contribution in [0.1, 0.15) is 42.1 Å². The molecule has 0 bridgehead atoms. The fourth-order valence-corrected chi connectivity index (χ4v) is 4.87. The van der Waals surface area contributed by atoms with E-state index in [1.165, 1.54) is 0 Å². The lowest BCUT2D eigenvalue weighted by Gasteiger charge is -2.37. The summed E-state index contributed by atoms with van der Waals surface area (Å²) in [6.07, 6.45) is 1.85. The van der Waals surface area contributed by atoms with Crippen LogP contribution < -0.4 is 0 Å². The number of aromatic nitrogens is 2. The monoisotopic (exact) mass is 475 g/mol. The molecule has 0 saturated heterocycles. The van der Waals surface area contributed by atoms with Gasteiger partial charge in [0.15, 0.2) is 0 Å². The van der Waals surface area contributed by atoms with E-state index < -0.39 is 5.97 Å². The van der Waals surface area contributed by atoms with Gasteiger partial charge in [-0.05, 0) is 41.8 Å². The third-order valence-electron chi connectivity index (χ3n) is 6.73. The van der Waals surface area contributed by atoms with Crippen molar-refractivity contribution < 1.29 is 9.90 Å². The van der Waals surface area contributed by atoms with Crippen molar-refractivity contribution in [2.75, 3.05) is 0 Å². The van der Waals surface area contributed by atoms with Gasteiger partial charge in [0.2, 0.25) is 0 Å². The largest absolute Gasteiger partial charge is 0.481 e. The van der Waals surface area contributed by atoms with Crippen molar-refractivity contribution in [2.24, 2.45) is 0 Å². The molecule has 0 aliphatic rings. The van der Waals surface area contributed by atoms with Gasteiger partial charge in [-0.1, -0.05) is 91.0 Å². The second-order valence-electron chi connectivity index (χ2n) is 9.07. The van der Waals surface area contributed by atoms with Crippen molar-refractivity contribution in [3.05, 3.63) is 132 Å². The second-order valence-corrected chi connectivity index (χ2v) is 9.07. The molecule has 2 unspecified atom stereocenters. The molecule has 1 aromatic heterocycles. The summed E-state index contributed by atoms with van der Waals surface area (Å²) in [5.41, 5.74) is 5.18. The number of hydrogen-bond acceptors (Lipinski definition) is 3. The Balaban J connectivity index is 1.59. The smallest absolute Gasteiger partial charge is 0.305 e. The lowest BCUT2D eigenvalue weighted by atomic mass is 9.96. The molecule has 0 aliphatic heterocycles. The Kier molecular flexibility index (Phi) is 6.92. The first-order valence-electron chi connectivity index (χ1n) is 12.2. The SMILES string of the molecule is CC(c1ccccc1)N(Cc1ccccc1)C(CC(=O)O)c1cccc(-n2ncc3ccccc32)c1. The fourth-order valence-electron chi connectivity index (χ4n) is 4.87. The number of fused-ring (bicyclic) bond motifs is 1. The minimum Gasteiger partial charge on any atom is -0.481 e. The van der Waals surface area contributed by atoms with Crippen molar-refractivity contribution in [2.45, 2.75) is 32.0 Å². The molecule has 0 aliphatic carbocycles. The molecule has 36 heavy (non-hydrogen) atoms. The Labute approximate surface area is 211 Å². The van der Waals surface area contributed by atoms with Gasteiger partial charge < -0.3 is 5.11 Å². The minimum atomic E-state index is -0.826. The van der Waals surface area contributed by atoms with Gasteiger partial charge in [-0.3, -0.25) is 9.69 Å². The Morgan fingerprint density at radius 2 is 1.53 bits per heavy atom. The Morgan fingerprint density at radius 3 is 2.28 bits per heavy atom. The first kappa shape index (κ1) is 23.5. The van der Waals surface area contributed by atoms with E-state index in [4.69, 9.17) is 0 Å². The van der Waals surface area contributed by atoms with Crippen LogP contribution in [0.25, 0.3) is 16.6 Å². The van der Waals surface area contributed by atoms with Gasteiger partial charge in [0.05, 0.1) is 23.8 Å². The average Bonchev–Trinajstić information content (AvgIpc) is 3.36. The molecule has 0 saturated carbocycles. The van der Waals surface area contributed by atoms with Crippen molar-refractivity contribution >= 4 is 16.9 Å². The zero-order valence-electron chi connectivity index (χ0n) is 20.2. The first-order valence-corrected chi connectivity index (χ1v) is 12.2. The number of carboxylic acid groups (broad SMARTS) is 1. The highest BCUT2D eigenvalue weighted by molar-refractivity contribution is 5.80. The predicted octanol–water partition coefficient (Wildman–Crippen LogP) is 6.80. The van der Waals surface area contributed by atoms with E-state index in [9.17, 15) is 9.90 Å². The number of benzene rings is 4. The van der Waals surface area contributed by atoms with E-state index in [1.54, 1.807) is 0 Å². The van der Waals surface area contributed by atoms with Gasteiger partial charge in [0.1, 0.15) is 0 Å². The van der Waals surface area contributed by atoms with Crippen LogP contribution >= 0.6 is 0 Å². The maximum Gasteiger partial charge on any atom is 0.305 e. The summed E-state index contributed by atoms with van der Waals surface area (Å²) in [7, 11) is 0. The van der Waals surface area contributed by atoms with Crippen LogP contribution in [0.15, 0.2) is 115 Å². The lowest BCUT2D eigenvalue weighted by Crippen LogP contribution is -2.32. The van der Waals surface area contributed by atoms with Gasteiger partial charge in [0.25, 0.3) is 0 Å². The third-order valence-corrected chi connectivity index (χ3v) is 6.73. The van der Waals surface area contributed by atoms with E-state index in [0.717, 1.165) is 33.3 Å². The van der Waals surface area contributed by atoms with Crippen LogP contribution in [0.5, 0.6) is 0 Å². The van der Waals surface area contributed by atoms with Crippen molar-refractivity contribution in [3.8, 4) is 5.69 Å². The molecule has 1 heterocycles. The zero-order chi connectivity index (χ0) is 24.9. The number of hydrogen-bond donors (Lipinski definition) is 1. The summed E-state index contributed by atoms with van der Waals surface area (Å²) >= 11 is 0. The standard InChI is InChI=1S/C31H29N3O2/c1-23(25-13-6-3-7-14-25)33(22-24-11-4-2-5-12-24)30(20-31(35)36)26-16-10-17-28(19-26)34-29-18-9-8-15-27(29)21-32-34/h2-19,21,23,30H,20,22H2,1H3,(H,35,36). The number of rotatable bonds is 9. The van der Waals surface area contributed by atoms with Crippen molar-refractivity contribution in [1.29, 1.82) is 0 Å². The summed E-state index contributed by atoms with van der Waals surface area (Å²) in [6.45, 7) is 2.78. The van der Waals surface area contributed by atoms with Gasteiger partial charge in [-0.2, -0.15) is 5.10 Å². The molecule has 5 aromatic rings. The minimum absolute atomic E-state index is 0.00458. The third kappa shape index (κ3) is 5.07. The summed E-state index contributed by atoms with van der Waals surface area (Å²) in [6, 6.07) is 36.4. The van der Waals surface area contributed by atoms with Crippen LogP contribution in [0.3, 0.4) is 0 Å². The Morgan fingerprint density at radius 1 is 0.861 bits per heavy atom. The van der Waals surface area contributed by atoms with Gasteiger partial charge in [0, 0.05) is 24.0 Å². The van der Waals surface area contributed by atoms with E-state index in [0.29, 0.717) is 6.54 Å². The topological polar surface area (TPSA) is 58.4 Å². The molecule has 0 amide bonds. The Bertz CT molecular complexity index is 1450. The summed E-state index contributed by atoms with van der Waals surface area (Å²) < 4.78 is 1.92. The molecular weight excluding hydrogens is 446 g/mol.